The first-order chi connectivity index (χ1) is 12.6. The zero-order valence-corrected chi connectivity index (χ0v) is 16.2. The molecule has 8 nitrogen and oxygen atoms in total. The van der Waals surface area contributed by atoms with Crippen LogP contribution in [0.1, 0.15) is 41.0 Å². The van der Waals surface area contributed by atoms with E-state index in [0.717, 1.165) is 0 Å². The Morgan fingerprint density at radius 2 is 1.89 bits per heavy atom. The van der Waals surface area contributed by atoms with Gasteiger partial charge in [-0.2, -0.15) is 0 Å². The number of ether oxygens (including phenoxy) is 5. The predicted octanol–water partition coefficient (Wildman–Crippen LogP) is 1.82. The molecule has 8 heteroatoms. The second kappa shape index (κ2) is 8.67. The van der Waals surface area contributed by atoms with Crippen molar-refractivity contribution in [2.24, 2.45) is 0 Å². The van der Waals surface area contributed by atoms with E-state index in [1.807, 2.05) is 0 Å². The second-order valence-corrected chi connectivity index (χ2v) is 6.95. The van der Waals surface area contributed by atoms with Gasteiger partial charge in [-0.1, -0.05) is 12.2 Å². The van der Waals surface area contributed by atoms with E-state index < -0.39 is 54.2 Å². The zero-order valence-electron chi connectivity index (χ0n) is 16.2. The Balaban J connectivity index is 2.15. The molecular weight excluding hydrogens is 356 g/mol. The average Bonchev–Trinajstić information content (AvgIpc) is 2.85. The van der Waals surface area contributed by atoms with Gasteiger partial charge in [0.15, 0.2) is 11.9 Å². The van der Waals surface area contributed by atoms with Gasteiger partial charge in [0.2, 0.25) is 0 Å². The number of hydrogen-bond donors (Lipinski definition) is 0. The summed E-state index contributed by atoms with van der Waals surface area (Å²) < 4.78 is 27.5. The van der Waals surface area contributed by atoms with Crippen molar-refractivity contribution in [3.05, 3.63) is 24.3 Å². The maximum absolute atomic E-state index is 11.5. The summed E-state index contributed by atoms with van der Waals surface area (Å²) in [5.41, 5.74) is 0. The molecule has 0 aliphatic carbocycles. The van der Waals surface area contributed by atoms with Crippen molar-refractivity contribution < 1.29 is 38.1 Å². The third-order valence-electron chi connectivity index (χ3n) is 4.03. The quantitative estimate of drug-likeness (QED) is 0.390. The van der Waals surface area contributed by atoms with Crippen molar-refractivity contribution in [2.75, 3.05) is 0 Å². The minimum atomic E-state index is -0.869. The lowest BCUT2D eigenvalue weighted by Crippen LogP contribution is -2.39. The van der Waals surface area contributed by atoms with Gasteiger partial charge in [0.1, 0.15) is 24.4 Å². The molecule has 1 saturated heterocycles. The Bertz CT molecular complexity index is 636. The number of rotatable bonds is 6. The summed E-state index contributed by atoms with van der Waals surface area (Å²) in [4.78, 5) is 34.1. The normalized spacial score (nSPS) is 29.2. The van der Waals surface area contributed by atoms with Crippen LogP contribution in [-0.2, 0) is 38.1 Å². The van der Waals surface area contributed by atoms with E-state index in [-0.39, 0.29) is 0 Å². The summed E-state index contributed by atoms with van der Waals surface area (Å²) in [5.74, 6) is -2.28. The average molecular weight is 382 g/mol. The lowest BCUT2D eigenvalue weighted by Gasteiger charge is -2.26. The van der Waals surface area contributed by atoms with Crippen LogP contribution in [0.4, 0.5) is 0 Å². The van der Waals surface area contributed by atoms with E-state index in [0.29, 0.717) is 6.42 Å². The molecule has 1 fully saturated rings. The Hall–Kier alpha value is -2.19. The standard InChI is InChI=1S/C19H26O8/c1-11(23-12(2)20)14(24-13(3)21)9-10-16-18(27-19(4,5)26-16)15-7-6-8-17(22)25-15/h6,8-11,14-16,18H,7H2,1-5H3/b10-9+/t11-,14+,15+,16-,18-/m0/s1. The zero-order chi connectivity index (χ0) is 20.2. The van der Waals surface area contributed by atoms with Gasteiger partial charge in [-0.15, -0.1) is 0 Å². The molecule has 2 aliphatic rings. The summed E-state index contributed by atoms with van der Waals surface area (Å²) >= 11 is 0. The van der Waals surface area contributed by atoms with Gasteiger partial charge in [-0.25, -0.2) is 4.79 Å². The lowest BCUT2D eigenvalue weighted by molar-refractivity contribution is -0.168. The molecule has 0 amide bonds. The molecule has 0 aromatic carbocycles. The van der Waals surface area contributed by atoms with Crippen LogP contribution in [0.25, 0.3) is 0 Å². The van der Waals surface area contributed by atoms with E-state index >= 15 is 0 Å². The molecule has 27 heavy (non-hydrogen) atoms. The first-order valence-electron chi connectivity index (χ1n) is 8.83. The Morgan fingerprint density at radius 1 is 1.22 bits per heavy atom. The maximum Gasteiger partial charge on any atom is 0.330 e. The molecule has 2 rings (SSSR count). The fourth-order valence-electron chi connectivity index (χ4n) is 3.02. The number of hydrogen-bond acceptors (Lipinski definition) is 8. The van der Waals surface area contributed by atoms with Crippen LogP contribution < -0.4 is 0 Å². The summed E-state index contributed by atoms with van der Waals surface area (Å²) in [5, 5.41) is 0. The fraction of sp³-hybridized carbons (Fsp3) is 0.632. The van der Waals surface area contributed by atoms with E-state index in [9.17, 15) is 14.4 Å². The van der Waals surface area contributed by atoms with Crippen molar-refractivity contribution in [2.45, 2.75) is 77.3 Å². The molecule has 2 aliphatic heterocycles. The predicted molar refractivity (Wildman–Crippen MR) is 93.4 cm³/mol. The Labute approximate surface area is 158 Å². The Morgan fingerprint density at radius 3 is 2.48 bits per heavy atom. The molecule has 0 aromatic rings. The molecule has 0 N–H and O–H groups in total. The molecule has 5 atom stereocenters. The van der Waals surface area contributed by atoms with Gasteiger partial charge in [-0.05, 0) is 26.8 Å². The van der Waals surface area contributed by atoms with Crippen LogP contribution in [0.3, 0.4) is 0 Å². The van der Waals surface area contributed by atoms with Crippen LogP contribution in [0.5, 0.6) is 0 Å². The van der Waals surface area contributed by atoms with Gasteiger partial charge >= 0.3 is 17.9 Å². The van der Waals surface area contributed by atoms with Crippen molar-refractivity contribution in [3.63, 3.8) is 0 Å². The van der Waals surface area contributed by atoms with Crippen LogP contribution in [0.15, 0.2) is 24.3 Å². The van der Waals surface area contributed by atoms with E-state index in [4.69, 9.17) is 23.7 Å². The summed E-state index contributed by atoms with van der Waals surface area (Å²) in [6, 6.07) is 0. The molecule has 0 saturated carbocycles. The van der Waals surface area contributed by atoms with Crippen LogP contribution in [-0.4, -0.2) is 54.2 Å². The highest BCUT2D eigenvalue weighted by atomic mass is 16.8. The van der Waals surface area contributed by atoms with Gasteiger partial charge < -0.3 is 23.7 Å². The van der Waals surface area contributed by atoms with Gasteiger partial charge in [-0.3, -0.25) is 9.59 Å². The molecule has 2 heterocycles. The fourth-order valence-corrected chi connectivity index (χ4v) is 3.02. The number of cyclic esters (lactones) is 1. The van der Waals surface area contributed by atoms with Crippen molar-refractivity contribution in [3.8, 4) is 0 Å². The third-order valence-corrected chi connectivity index (χ3v) is 4.03. The summed E-state index contributed by atoms with van der Waals surface area (Å²) in [6.07, 6.45) is 3.89. The maximum atomic E-state index is 11.5. The van der Waals surface area contributed by atoms with Gasteiger partial charge in [0.05, 0.1) is 0 Å². The molecule has 0 unspecified atom stereocenters. The SMILES string of the molecule is CC(=O)O[C@@H](C)[C@@H](/C=C/[C@@H]1OC(C)(C)O[C@H]1[C@H]1CC=CC(=O)O1)OC(C)=O. The lowest BCUT2D eigenvalue weighted by atomic mass is 10.0. The monoisotopic (exact) mass is 382 g/mol. The van der Waals surface area contributed by atoms with Crippen LogP contribution >= 0.6 is 0 Å². The summed E-state index contributed by atoms with van der Waals surface area (Å²) in [7, 11) is 0. The smallest absolute Gasteiger partial charge is 0.330 e. The van der Waals surface area contributed by atoms with Crippen molar-refractivity contribution in [1.82, 2.24) is 0 Å². The highest BCUT2D eigenvalue weighted by molar-refractivity contribution is 5.82. The topological polar surface area (TPSA) is 97.4 Å². The molecule has 0 radical (unpaired) electrons. The van der Waals surface area contributed by atoms with Crippen molar-refractivity contribution in [1.29, 1.82) is 0 Å². The first kappa shape index (κ1) is 21.1. The minimum absolute atomic E-state index is 0.427. The van der Waals surface area contributed by atoms with Gasteiger partial charge in [0.25, 0.3) is 0 Å². The number of esters is 3. The Kier molecular flexibility index (Phi) is 6.78. The first-order valence-corrected chi connectivity index (χ1v) is 8.83. The number of carbonyl (C=O) groups excluding carboxylic acids is 3. The second-order valence-electron chi connectivity index (χ2n) is 6.95. The molecule has 0 spiro atoms. The van der Waals surface area contributed by atoms with Crippen LogP contribution in [0, 0.1) is 0 Å². The van der Waals surface area contributed by atoms with E-state index in [1.54, 1.807) is 39.0 Å². The molecule has 0 bridgehead atoms. The van der Waals surface area contributed by atoms with Gasteiger partial charge in [0, 0.05) is 26.3 Å². The molecule has 150 valence electrons. The number of carbonyl (C=O) groups is 3. The van der Waals surface area contributed by atoms with E-state index in [1.165, 1.54) is 19.9 Å². The summed E-state index contributed by atoms with van der Waals surface area (Å²) in [6.45, 7) is 7.71. The third kappa shape index (κ3) is 6.18. The molecular formula is C19H26O8. The highest BCUT2D eigenvalue weighted by Crippen LogP contribution is 2.33. The van der Waals surface area contributed by atoms with Crippen molar-refractivity contribution >= 4 is 17.9 Å². The highest BCUT2D eigenvalue weighted by Gasteiger charge is 2.45. The van der Waals surface area contributed by atoms with Crippen LogP contribution in [0.2, 0.25) is 0 Å². The van der Waals surface area contributed by atoms with E-state index in [2.05, 4.69) is 0 Å². The largest absolute Gasteiger partial charge is 0.459 e. The minimum Gasteiger partial charge on any atom is -0.459 e. The molecule has 0 aromatic heterocycles.